The number of hydrogen-bond donors (Lipinski definition) is 2. The monoisotopic (exact) mass is 239 g/mol. The topological polar surface area (TPSA) is 32.3 Å². The van der Waals surface area contributed by atoms with Crippen molar-refractivity contribution in [3.63, 3.8) is 0 Å². The molecule has 2 heteroatoms. The van der Waals surface area contributed by atoms with E-state index in [1.54, 1.807) is 0 Å². The Morgan fingerprint density at radius 1 is 0.941 bits per heavy atom. The molecule has 2 fully saturated rings. The van der Waals surface area contributed by atoms with Crippen molar-refractivity contribution in [2.24, 2.45) is 5.41 Å². The molecule has 0 spiro atoms. The first-order chi connectivity index (χ1) is 8.09. The van der Waals surface area contributed by atoms with Gasteiger partial charge in [0.1, 0.15) is 0 Å². The Labute approximate surface area is 106 Å². The maximum absolute atomic E-state index is 10.2. The predicted octanol–water partition coefficient (Wildman–Crippen LogP) is 3.24. The van der Waals surface area contributed by atoms with Gasteiger partial charge in [-0.1, -0.05) is 46.0 Å². The third-order valence-electron chi connectivity index (χ3n) is 4.90. The van der Waals surface area contributed by atoms with Crippen LogP contribution in [0.25, 0.3) is 0 Å². The lowest BCUT2D eigenvalue weighted by molar-refractivity contribution is 0.0824. The van der Waals surface area contributed by atoms with Crippen molar-refractivity contribution in [2.45, 2.75) is 89.8 Å². The molecule has 2 rings (SSSR count). The molecule has 0 radical (unpaired) electrons. The second-order valence-electron chi connectivity index (χ2n) is 6.77. The summed E-state index contributed by atoms with van der Waals surface area (Å²) in [4.78, 5) is 0. The second kappa shape index (κ2) is 5.71. The first-order valence-corrected chi connectivity index (χ1v) is 7.54. The van der Waals surface area contributed by atoms with E-state index in [1.807, 2.05) is 0 Å². The van der Waals surface area contributed by atoms with Crippen LogP contribution in [0.3, 0.4) is 0 Å². The zero-order valence-corrected chi connectivity index (χ0v) is 11.5. The first-order valence-electron chi connectivity index (χ1n) is 7.54. The van der Waals surface area contributed by atoms with Crippen molar-refractivity contribution in [3.8, 4) is 0 Å². The Bertz CT molecular complexity index is 239. The molecule has 2 N–H and O–H groups in total. The molecule has 0 aliphatic heterocycles. The van der Waals surface area contributed by atoms with E-state index in [-0.39, 0.29) is 6.10 Å². The van der Waals surface area contributed by atoms with Gasteiger partial charge in [0, 0.05) is 12.1 Å². The van der Waals surface area contributed by atoms with E-state index in [0.29, 0.717) is 17.5 Å². The smallest absolute Gasteiger partial charge is 0.0693 e. The SMILES string of the molecule is CC1(C)CCCCC1NC1CCCCCC1O. The van der Waals surface area contributed by atoms with Crippen molar-refractivity contribution < 1.29 is 5.11 Å². The van der Waals surface area contributed by atoms with Gasteiger partial charge in [0.2, 0.25) is 0 Å². The Morgan fingerprint density at radius 2 is 1.65 bits per heavy atom. The van der Waals surface area contributed by atoms with Crippen LogP contribution in [-0.2, 0) is 0 Å². The standard InChI is InChI=1S/C15H29NO/c1-15(2)11-7-6-10-14(15)16-12-8-4-3-5-9-13(12)17/h12-14,16-17H,3-11H2,1-2H3. The lowest BCUT2D eigenvalue weighted by atomic mass is 9.73. The maximum Gasteiger partial charge on any atom is 0.0693 e. The fourth-order valence-electron chi connectivity index (χ4n) is 3.54. The number of hydrogen-bond acceptors (Lipinski definition) is 2. The van der Waals surface area contributed by atoms with Gasteiger partial charge < -0.3 is 10.4 Å². The molecule has 2 saturated carbocycles. The van der Waals surface area contributed by atoms with Gasteiger partial charge in [-0.15, -0.1) is 0 Å². The zero-order chi connectivity index (χ0) is 12.3. The predicted molar refractivity (Wildman–Crippen MR) is 72.1 cm³/mol. The molecule has 0 saturated heterocycles. The minimum atomic E-state index is -0.116. The molecule has 17 heavy (non-hydrogen) atoms. The van der Waals surface area contributed by atoms with Gasteiger partial charge >= 0.3 is 0 Å². The molecule has 3 atom stereocenters. The Kier molecular flexibility index (Phi) is 4.48. The van der Waals surface area contributed by atoms with E-state index >= 15 is 0 Å². The van der Waals surface area contributed by atoms with Gasteiger partial charge in [-0.25, -0.2) is 0 Å². The zero-order valence-electron chi connectivity index (χ0n) is 11.5. The summed E-state index contributed by atoms with van der Waals surface area (Å²) in [5, 5.41) is 14.0. The van der Waals surface area contributed by atoms with Crippen LogP contribution in [0.1, 0.15) is 71.6 Å². The van der Waals surface area contributed by atoms with Gasteiger partial charge in [0.25, 0.3) is 0 Å². The molecule has 0 bridgehead atoms. The molecule has 3 unspecified atom stereocenters. The van der Waals surface area contributed by atoms with E-state index < -0.39 is 0 Å². The average Bonchev–Trinajstić information content (AvgIpc) is 2.47. The van der Waals surface area contributed by atoms with Crippen LogP contribution in [0.4, 0.5) is 0 Å². The van der Waals surface area contributed by atoms with Gasteiger partial charge in [-0.3, -0.25) is 0 Å². The molecular weight excluding hydrogens is 210 g/mol. The van der Waals surface area contributed by atoms with Crippen molar-refractivity contribution >= 4 is 0 Å². The Morgan fingerprint density at radius 3 is 2.41 bits per heavy atom. The molecule has 2 aliphatic rings. The van der Waals surface area contributed by atoms with E-state index in [1.165, 1.54) is 44.9 Å². The maximum atomic E-state index is 10.2. The van der Waals surface area contributed by atoms with Gasteiger partial charge in [0.15, 0.2) is 0 Å². The van der Waals surface area contributed by atoms with Crippen molar-refractivity contribution in [3.05, 3.63) is 0 Å². The molecule has 0 amide bonds. The number of aliphatic hydroxyl groups is 1. The van der Waals surface area contributed by atoms with Crippen LogP contribution in [0.5, 0.6) is 0 Å². The summed E-state index contributed by atoms with van der Waals surface area (Å²) in [6, 6.07) is 0.953. The highest BCUT2D eigenvalue weighted by molar-refractivity contribution is 4.92. The lowest BCUT2D eigenvalue weighted by Gasteiger charge is -2.42. The number of nitrogens with one attached hydrogen (secondary N) is 1. The molecular formula is C15H29NO. The van der Waals surface area contributed by atoms with E-state index in [9.17, 15) is 5.11 Å². The summed E-state index contributed by atoms with van der Waals surface area (Å²) in [6.07, 6.45) is 11.2. The highest BCUT2D eigenvalue weighted by Gasteiger charge is 2.34. The van der Waals surface area contributed by atoms with Crippen LogP contribution >= 0.6 is 0 Å². The molecule has 0 aromatic carbocycles. The highest BCUT2D eigenvalue weighted by atomic mass is 16.3. The second-order valence-corrected chi connectivity index (χ2v) is 6.77. The van der Waals surface area contributed by atoms with E-state index in [4.69, 9.17) is 0 Å². The molecule has 0 aromatic rings. The first kappa shape index (κ1) is 13.4. The molecule has 0 heterocycles. The van der Waals surface area contributed by atoms with Gasteiger partial charge in [0.05, 0.1) is 6.10 Å². The summed E-state index contributed by atoms with van der Waals surface area (Å²) in [5.41, 5.74) is 0.407. The third-order valence-corrected chi connectivity index (χ3v) is 4.90. The minimum absolute atomic E-state index is 0.116. The quantitative estimate of drug-likeness (QED) is 0.725. The summed E-state index contributed by atoms with van der Waals surface area (Å²) in [5.74, 6) is 0. The van der Waals surface area contributed by atoms with E-state index in [0.717, 1.165) is 12.8 Å². The van der Waals surface area contributed by atoms with Crippen LogP contribution in [-0.4, -0.2) is 23.3 Å². The van der Waals surface area contributed by atoms with Crippen LogP contribution < -0.4 is 5.32 Å². The summed E-state index contributed by atoms with van der Waals surface area (Å²) < 4.78 is 0. The highest BCUT2D eigenvalue weighted by Crippen LogP contribution is 2.36. The Balaban J connectivity index is 1.93. The molecule has 0 aromatic heterocycles. The summed E-state index contributed by atoms with van der Waals surface area (Å²) >= 11 is 0. The fraction of sp³-hybridized carbons (Fsp3) is 1.00. The van der Waals surface area contributed by atoms with Crippen molar-refractivity contribution in [1.29, 1.82) is 0 Å². The summed E-state index contributed by atoms with van der Waals surface area (Å²) in [6.45, 7) is 4.76. The van der Waals surface area contributed by atoms with Crippen LogP contribution in [0, 0.1) is 5.41 Å². The van der Waals surface area contributed by atoms with Gasteiger partial charge in [-0.2, -0.15) is 0 Å². The van der Waals surface area contributed by atoms with Crippen LogP contribution in [0.15, 0.2) is 0 Å². The van der Waals surface area contributed by atoms with Crippen molar-refractivity contribution in [2.75, 3.05) is 0 Å². The lowest BCUT2D eigenvalue weighted by Crippen LogP contribution is -2.52. The number of aliphatic hydroxyl groups excluding tert-OH is 1. The number of rotatable bonds is 2. The van der Waals surface area contributed by atoms with Gasteiger partial charge in [-0.05, 0) is 31.1 Å². The minimum Gasteiger partial charge on any atom is -0.392 e. The molecule has 2 aliphatic carbocycles. The molecule has 100 valence electrons. The van der Waals surface area contributed by atoms with Crippen molar-refractivity contribution in [1.82, 2.24) is 5.32 Å². The largest absolute Gasteiger partial charge is 0.392 e. The fourth-order valence-corrected chi connectivity index (χ4v) is 3.54. The average molecular weight is 239 g/mol. The molecule has 2 nitrogen and oxygen atoms in total. The van der Waals surface area contributed by atoms with Crippen LogP contribution in [0.2, 0.25) is 0 Å². The summed E-state index contributed by atoms with van der Waals surface area (Å²) in [7, 11) is 0. The Hall–Kier alpha value is -0.0800. The normalized spacial score (nSPS) is 38.6. The van der Waals surface area contributed by atoms with E-state index in [2.05, 4.69) is 19.2 Å². The third kappa shape index (κ3) is 3.45.